The van der Waals surface area contributed by atoms with Crippen molar-refractivity contribution in [1.82, 2.24) is 15.3 Å². The number of fused-ring (bicyclic) bond motifs is 1. The van der Waals surface area contributed by atoms with Crippen molar-refractivity contribution < 1.29 is 9.53 Å². The van der Waals surface area contributed by atoms with E-state index in [1.165, 1.54) is 0 Å². The van der Waals surface area contributed by atoms with E-state index in [0.29, 0.717) is 19.0 Å². The summed E-state index contributed by atoms with van der Waals surface area (Å²) in [6.07, 6.45) is 5.30. The zero-order valence-electron chi connectivity index (χ0n) is 13.3. The number of carbonyl (C=O) groups is 1. The molecule has 2 aromatic heterocycles. The molecule has 3 atom stereocenters. The van der Waals surface area contributed by atoms with Gasteiger partial charge >= 0.3 is 0 Å². The third-order valence-electron chi connectivity index (χ3n) is 4.71. The molecule has 2 aliphatic rings. The number of ether oxygens (including phenoxy) is 1. The zero-order chi connectivity index (χ0) is 16.4. The Kier molecular flexibility index (Phi) is 4.44. The molecule has 7 heteroatoms. The average molecular weight is 344 g/mol. The van der Waals surface area contributed by atoms with Gasteiger partial charge in [-0.1, -0.05) is 6.07 Å². The minimum atomic E-state index is -0.104. The molecule has 2 fully saturated rings. The molecule has 4 heterocycles. The van der Waals surface area contributed by atoms with Crippen LogP contribution in [-0.2, 0) is 16.1 Å². The van der Waals surface area contributed by atoms with Gasteiger partial charge in [-0.3, -0.25) is 4.79 Å². The Morgan fingerprint density at radius 1 is 1.38 bits per heavy atom. The first kappa shape index (κ1) is 15.5. The van der Waals surface area contributed by atoms with Crippen molar-refractivity contribution in [3.8, 4) is 0 Å². The van der Waals surface area contributed by atoms with Crippen molar-refractivity contribution in [3.05, 3.63) is 40.8 Å². The lowest BCUT2D eigenvalue weighted by Gasteiger charge is -2.40. The van der Waals surface area contributed by atoms with E-state index in [9.17, 15) is 4.79 Å². The SMILES string of the molecule is O=C(NCc1cccs1)[C@H]1C[C@H]2OCC[C@H]2N(c2ncccn2)C1. The number of carbonyl (C=O) groups excluding carboxylic acids is 1. The molecule has 126 valence electrons. The van der Waals surface area contributed by atoms with Crippen LogP contribution in [0, 0.1) is 5.92 Å². The molecule has 4 rings (SSSR count). The average Bonchev–Trinajstić information content (AvgIpc) is 3.31. The first-order chi connectivity index (χ1) is 11.8. The molecule has 2 aromatic rings. The number of amides is 1. The van der Waals surface area contributed by atoms with Crippen molar-refractivity contribution in [2.75, 3.05) is 18.1 Å². The first-order valence-corrected chi connectivity index (χ1v) is 9.14. The Morgan fingerprint density at radius 3 is 3.04 bits per heavy atom. The molecule has 0 radical (unpaired) electrons. The predicted octanol–water partition coefficient (Wildman–Crippen LogP) is 1.84. The molecule has 2 saturated heterocycles. The highest BCUT2D eigenvalue weighted by molar-refractivity contribution is 7.09. The van der Waals surface area contributed by atoms with Crippen molar-refractivity contribution in [2.24, 2.45) is 5.92 Å². The van der Waals surface area contributed by atoms with E-state index in [1.807, 2.05) is 17.5 Å². The van der Waals surface area contributed by atoms with Gasteiger partial charge in [-0.05, 0) is 30.4 Å². The van der Waals surface area contributed by atoms with Crippen molar-refractivity contribution in [1.29, 1.82) is 0 Å². The molecule has 24 heavy (non-hydrogen) atoms. The van der Waals surface area contributed by atoms with E-state index in [1.54, 1.807) is 29.8 Å². The van der Waals surface area contributed by atoms with Crippen LogP contribution in [0.25, 0.3) is 0 Å². The van der Waals surface area contributed by atoms with E-state index < -0.39 is 0 Å². The van der Waals surface area contributed by atoms with Gasteiger partial charge in [0.1, 0.15) is 0 Å². The van der Waals surface area contributed by atoms with Crippen LogP contribution >= 0.6 is 11.3 Å². The maximum Gasteiger partial charge on any atom is 0.225 e. The van der Waals surface area contributed by atoms with Crippen LogP contribution in [0.4, 0.5) is 5.95 Å². The van der Waals surface area contributed by atoms with Crippen LogP contribution < -0.4 is 10.2 Å². The van der Waals surface area contributed by atoms with E-state index in [0.717, 1.165) is 24.3 Å². The standard InChI is InChI=1S/C17H20N4O2S/c22-16(20-10-13-3-1-8-24-13)12-9-15-14(4-7-23-15)21(11-12)17-18-5-2-6-19-17/h1-3,5-6,8,12,14-15H,4,7,9-11H2,(H,20,22)/t12-,14+,15+/m0/s1. The lowest BCUT2D eigenvalue weighted by Crippen LogP contribution is -2.53. The first-order valence-electron chi connectivity index (χ1n) is 8.26. The Hall–Kier alpha value is -1.99. The van der Waals surface area contributed by atoms with Crippen molar-refractivity contribution in [3.63, 3.8) is 0 Å². The summed E-state index contributed by atoms with van der Waals surface area (Å²) in [6.45, 7) is 1.97. The lowest BCUT2D eigenvalue weighted by atomic mass is 9.89. The van der Waals surface area contributed by atoms with Crippen LogP contribution in [-0.4, -0.2) is 41.2 Å². The number of nitrogens with one attached hydrogen (secondary N) is 1. The second-order valence-corrected chi connectivity index (χ2v) is 7.23. The third kappa shape index (κ3) is 3.14. The van der Waals surface area contributed by atoms with Gasteiger partial charge in [0.2, 0.25) is 11.9 Å². The summed E-state index contributed by atoms with van der Waals surface area (Å²) in [7, 11) is 0. The topological polar surface area (TPSA) is 67.3 Å². The highest BCUT2D eigenvalue weighted by Crippen LogP contribution is 2.33. The normalized spacial score (nSPS) is 26.2. The lowest BCUT2D eigenvalue weighted by molar-refractivity contribution is -0.126. The molecule has 0 aliphatic carbocycles. The van der Waals surface area contributed by atoms with Crippen LogP contribution in [0.1, 0.15) is 17.7 Å². The second-order valence-electron chi connectivity index (χ2n) is 6.20. The summed E-state index contributed by atoms with van der Waals surface area (Å²) in [5.41, 5.74) is 0. The van der Waals surface area contributed by atoms with E-state index >= 15 is 0 Å². The van der Waals surface area contributed by atoms with Gasteiger partial charge in [-0.2, -0.15) is 0 Å². The second kappa shape index (κ2) is 6.86. The van der Waals surface area contributed by atoms with Crippen LogP contribution in [0.5, 0.6) is 0 Å². The number of aromatic nitrogens is 2. The smallest absolute Gasteiger partial charge is 0.225 e. The largest absolute Gasteiger partial charge is 0.376 e. The quantitative estimate of drug-likeness (QED) is 0.917. The molecule has 1 amide bonds. The Bertz CT molecular complexity index is 679. The third-order valence-corrected chi connectivity index (χ3v) is 5.58. The predicted molar refractivity (Wildman–Crippen MR) is 91.8 cm³/mol. The summed E-state index contributed by atoms with van der Waals surface area (Å²) < 4.78 is 5.86. The maximum absolute atomic E-state index is 12.6. The summed E-state index contributed by atoms with van der Waals surface area (Å²) in [4.78, 5) is 24.7. The molecular formula is C17H20N4O2S. The fraction of sp³-hybridized carbons (Fsp3) is 0.471. The maximum atomic E-state index is 12.6. The van der Waals surface area contributed by atoms with Gasteiger partial charge in [0.15, 0.2) is 0 Å². The molecule has 0 unspecified atom stereocenters. The van der Waals surface area contributed by atoms with Gasteiger partial charge in [0.25, 0.3) is 0 Å². The highest BCUT2D eigenvalue weighted by atomic mass is 32.1. The molecule has 1 N–H and O–H groups in total. The number of piperidine rings is 1. The minimum Gasteiger partial charge on any atom is -0.376 e. The Labute approximate surface area is 144 Å². The van der Waals surface area contributed by atoms with Crippen LogP contribution in [0.15, 0.2) is 36.0 Å². The van der Waals surface area contributed by atoms with Crippen LogP contribution in [0.2, 0.25) is 0 Å². The van der Waals surface area contributed by atoms with Gasteiger partial charge in [-0.15, -0.1) is 11.3 Å². The van der Waals surface area contributed by atoms with Gasteiger partial charge in [0.05, 0.1) is 24.6 Å². The molecule has 2 aliphatic heterocycles. The Morgan fingerprint density at radius 2 is 2.25 bits per heavy atom. The number of hydrogen-bond donors (Lipinski definition) is 1. The van der Waals surface area contributed by atoms with E-state index in [4.69, 9.17) is 4.74 Å². The highest BCUT2D eigenvalue weighted by Gasteiger charge is 2.43. The molecule has 6 nitrogen and oxygen atoms in total. The number of rotatable bonds is 4. The fourth-order valence-electron chi connectivity index (χ4n) is 3.54. The zero-order valence-corrected chi connectivity index (χ0v) is 14.1. The molecule has 0 aromatic carbocycles. The number of anilines is 1. The summed E-state index contributed by atoms with van der Waals surface area (Å²) in [5, 5.41) is 5.08. The van der Waals surface area contributed by atoms with E-state index in [-0.39, 0.29) is 24.0 Å². The summed E-state index contributed by atoms with van der Waals surface area (Å²) in [5.74, 6) is 0.667. The van der Waals surface area contributed by atoms with Crippen LogP contribution in [0.3, 0.4) is 0 Å². The molecule has 0 spiro atoms. The molecule has 0 saturated carbocycles. The number of nitrogens with zero attached hydrogens (tertiary/aromatic N) is 3. The monoisotopic (exact) mass is 344 g/mol. The summed E-state index contributed by atoms with van der Waals surface area (Å²) >= 11 is 1.65. The molecular weight excluding hydrogens is 324 g/mol. The minimum absolute atomic E-state index is 0.0817. The summed E-state index contributed by atoms with van der Waals surface area (Å²) in [6, 6.07) is 6.11. The number of hydrogen-bond acceptors (Lipinski definition) is 6. The van der Waals surface area contributed by atoms with E-state index in [2.05, 4.69) is 20.2 Å². The van der Waals surface area contributed by atoms with Gasteiger partial charge in [0, 0.05) is 30.4 Å². The van der Waals surface area contributed by atoms with Gasteiger partial charge < -0.3 is 15.0 Å². The van der Waals surface area contributed by atoms with Crippen molar-refractivity contribution in [2.45, 2.75) is 31.5 Å². The fourth-order valence-corrected chi connectivity index (χ4v) is 4.18. The molecule has 0 bridgehead atoms. The Balaban J connectivity index is 1.47. The van der Waals surface area contributed by atoms with Gasteiger partial charge in [-0.25, -0.2) is 9.97 Å². The van der Waals surface area contributed by atoms with Crippen molar-refractivity contribution >= 4 is 23.2 Å². The number of thiophene rings is 1.